The Labute approximate surface area is 120 Å². The molecule has 0 fully saturated rings. The van der Waals surface area contributed by atoms with Gasteiger partial charge in [-0.2, -0.15) is 18.2 Å². The largest absolute Gasteiger partial charge is 0.416 e. The van der Waals surface area contributed by atoms with Gasteiger partial charge in [-0.1, -0.05) is 24.2 Å². The average Bonchev–Trinajstić information content (AvgIpc) is 2.94. The van der Waals surface area contributed by atoms with Gasteiger partial charge in [0.1, 0.15) is 0 Å². The molecular weight excluding hydrogens is 283 g/mol. The summed E-state index contributed by atoms with van der Waals surface area (Å²) in [4.78, 5) is 4.19. The van der Waals surface area contributed by atoms with Crippen molar-refractivity contribution < 1.29 is 17.7 Å². The second-order valence-corrected chi connectivity index (χ2v) is 4.90. The van der Waals surface area contributed by atoms with Crippen LogP contribution in [0.3, 0.4) is 0 Å². The summed E-state index contributed by atoms with van der Waals surface area (Å²) in [6, 6.07) is 4.99. The molecule has 2 aromatic rings. The van der Waals surface area contributed by atoms with Crippen molar-refractivity contribution in [3.8, 4) is 11.4 Å². The molecule has 21 heavy (non-hydrogen) atoms. The third kappa shape index (κ3) is 3.41. The molecule has 0 saturated carbocycles. The fourth-order valence-corrected chi connectivity index (χ4v) is 1.84. The van der Waals surface area contributed by atoms with E-state index in [2.05, 4.69) is 15.5 Å². The predicted molar refractivity (Wildman–Crippen MR) is 71.7 cm³/mol. The van der Waals surface area contributed by atoms with Gasteiger partial charge >= 0.3 is 6.18 Å². The van der Waals surface area contributed by atoms with Crippen LogP contribution in [0.25, 0.3) is 11.4 Å². The third-order valence-corrected chi connectivity index (χ3v) is 3.48. The maximum Gasteiger partial charge on any atom is 0.416 e. The summed E-state index contributed by atoms with van der Waals surface area (Å²) in [5, 5.41) is 6.83. The van der Waals surface area contributed by atoms with Crippen LogP contribution in [0.1, 0.15) is 31.2 Å². The number of hydrogen-bond acceptors (Lipinski definition) is 4. The molecule has 0 bridgehead atoms. The molecule has 0 aliphatic heterocycles. The molecule has 2 atom stereocenters. The lowest BCUT2D eigenvalue weighted by Crippen LogP contribution is -2.27. The molecule has 2 rings (SSSR count). The van der Waals surface area contributed by atoms with Gasteiger partial charge in [-0.3, -0.25) is 0 Å². The minimum atomic E-state index is -4.39. The molecule has 0 amide bonds. The lowest BCUT2D eigenvalue weighted by atomic mass is 10.0. The van der Waals surface area contributed by atoms with Crippen LogP contribution in [0.5, 0.6) is 0 Å². The number of benzene rings is 1. The van der Waals surface area contributed by atoms with E-state index in [-0.39, 0.29) is 23.3 Å². The first-order valence-electron chi connectivity index (χ1n) is 6.51. The summed E-state index contributed by atoms with van der Waals surface area (Å²) < 4.78 is 43.2. The Balaban J connectivity index is 2.30. The molecule has 0 radical (unpaired) electrons. The number of nitrogens with one attached hydrogen (secondary N) is 1. The molecule has 0 aliphatic rings. The second kappa shape index (κ2) is 5.85. The van der Waals surface area contributed by atoms with Gasteiger partial charge in [-0.15, -0.1) is 0 Å². The summed E-state index contributed by atoms with van der Waals surface area (Å²) >= 11 is 0. The number of likely N-dealkylation sites (N-methyl/N-ethyl adjacent to an activating group) is 1. The lowest BCUT2D eigenvalue weighted by Gasteiger charge is -2.14. The highest BCUT2D eigenvalue weighted by atomic mass is 19.4. The van der Waals surface area contributed by atoms with Crippen LogP contribution in [-0.4, -0.2) is 23.2 Å². The second-order valence-electron chi connectivity index (χ2n) is 4.90. The van der Waals surface area contributed by atoms with Crippen LogP contribution in [0.4, 0.5) is 13.2 Å². The van der Waals surface area contributed by atoms with E-state index in [1.54, 1.807) is 0 Å². The molecule has 4 nitrogen and oxygen atoms in total. The zero-order chi connectivity index (χ0) is 15.6. The van der Waals surface area contributed by atoms with Crippen LogP contribution in [0.2, 0.25) is 0 Å². The predicted octanol–water partition coefficient (Wildman–Crippen LogP) is 3.47. The summed E-state index contributed by atoms with van der Waals surface area (Å²) in [6.45, 7) is 3.86. The first-order valence-corrected chi connectivity index (χ1v) is 6.51. The normalized spacial score (nSPS) is 15.0. The maximum absolute atomic E-state index is 12.7. The van der Waals surface area contributed by atoms with Crippen LogP contribution in [0, 0.1) is 0 Å². The molecule has 1 N–H and O–H groups in total. The van der Waals surface area contributed by atoms with Crippen LogP contribution >= 0.6 is 0 Å². The average molecular weight is 299 g/mol. The SMILES string of the molecule is CNC(C)C(C)c1nc(-c2cccc(C(F)(F)F)c2)no1. The highest BCUT2D eigenvalue weighted by molar-refractivity contribution is 5.55. The smallest absolute Gasteiger partial charge is 0.339 e. The molecule has 1 aromatic heterocycles. The third-order valence-electron chi connectivity index (χ3n) is 3.48. The van der Waals surface area contributed by atoms with E-state index in [1.165, 1.54) is 12.1 Å². The van der Waals surface area contributed by atoms with Crippen molar-refractivity contribution in [2.24, 2.45) is 0 Å². The Hall–Kier alpha value is -1.89. The van der Waals surface area contributed by atoms with E-state index in [4.69, 9.17) is 4.52 Å². The first-order chi connectivity index (χ1) is 9.82. The molecule has 7 heteroatoms. The fraction of sp³-hybridized carbons (Fsp3) is 0.429. The number of aromatic nitrogens is 2. The monoisotopic (exact) mass is 299 g/mol. The van der Waals surface area contributed by atoms with E-state index in [9.17, 15) is 13.2 Å². The van der Waals surface area contributed by atoms with Crippen LogP contribution in [0.15, 0.2) is 28.8 Å². The van der Waals surface area contributed by atoms with Gasteiger partial charge in [0.15, 0.2) is 0 Å². The molecule has 1 heterocycles. The molecule has 2 unspecified atom stereocenters. The zero-order valence-corrected chi connectivity index (χ0v) is 11.9. The van der Waals surface area contributed by atoms with Gasteiger partial charge in [0.05, 0.1) is 11.5 Å². The molecule has 0 aliphatic carbocycles. The highest BCUT2D eigenvalue weighted by Gasteiger charge is 2.31. The van der Waals surface area contributed by atoms with Crippen molar-refractivity contribution in [2.75, 3.05) is 7.05 Å². The van der Waals surface area contributed by atoms with Crippen molar-refractivity contribution in [3.05, 3.63) is 35.7 Å². The molecule has 0 saturated heterocycles. The topological polar surface area (TPSA) is 51.0 Å². The van der Waals surface area contributed by atoms with Crippen LogP contribution in [-0.2, 0) is 6.18 Å². The van der Waals surface area contributed by atoms with E-state index in [1.807, 2.05) is 20.9 Å². The maximum atomic E-state index is 12.7. The van der Waals surface area contributed by atoms with Crippen molar-refractivity contribution in [1.82, 2.24) is 15.5 Å². The van der Waals surface area contributed by atoms with E-state index >= 15 is 0 Å². The fourth-order valence-electron chi connectivity index (χ4n) is 1.84. The molecular formula is C14H16F3N3O. The Morgan fingerprint density at radius 3 is 2.57 bits per heavy atom. The summed E-state index contributed by atoms with van der Waals surface area (Å²) in [5.41, 5.74) is -0.452. The Morgan fingerprint density at radius 1 is 1.24 bits per heavy atom. The standard InChI is InChI=1S/C14H16F3N3O/c1-8(9(2)18-3)13-19-12(20-21-13)10-5-4-6-11(7-10)14(15,16)17/h4-9,18H,1-3H3. The quantitative estimate of drug-likeness (QED) is 0.939. The Morgan fingerprint density at radius 2 is 1.95 bits per heavy atom. The summed E-state index contributed by atoms with van der Waals surface area (Å²) in [6.07, 6.45) is -4.39. The molecule has 114 valence electrons. The van der Waals surface area contributed by atoms with E-state index < -0.39 is 11.7 Å². The minimum absolute atomic E-state index is 0.0398. The number of alkyl halides is 3. The molecule has 1 aromatic carbocycles. The van der Waals surface area contributed by atoms with Crippen molar-refractivity contribution in [1.29, 1.82) is 0 Å². The minimum Gasteiger partial charge on any atom is -0.339 e. The van der Waals surface area contributed by atoms with Gasteiger partial charge < -0.3 is 9.84 Å². The number of halogens is 3. The van der Waals surface area contributed by atoms with E-state index in [0.717, 1.165) is 12.1 Å². The number of nitrogens with zero attached hydrogens (tertiary/aromatic N) is 2. The summed E-state index contributed by atoms with van der Waals surface area (Å²) in [7, 11) is 1.81. The van der Waals surface area contributed by atoms with E-state index in [0.29, 0.717) is 5.89 Å². The molecule has 0 spiro atoms. The van der Waals surface area contributed by atoms with Gasteiger partial charge in [-0.25, -0.2) is 0 Å². The van der Waals surface area contributed by atoms with Crippen molar-refractivity contribution >= 4 is 0 Å². The lowest BCUT2D eigenvalue weighted by molar-refractivity contribution is -0.137. The van der Waals surface area contributed by atoms with Gasteiger partial charge in [0, 0.05) is 11.6 Å². The number of rotatable bonds is 4. The van der Waals surface area contributed by atoms with Gasteiger partial charge in [-0.05, 0) is 26.1 Å². The Bertz CT molecular complexity index is 610. The first kappa shape index (κ1) is 15.5. The Kier molecular flexibility index (Phi) is 4.32. The van der Waals surface area contributed by atoms with Gasteiger partial charge in [0.2, 0.25) is 11.7 Å². The zero-order valence-electron chi connectivity index (χ0n) is 11.9. The van der Waals surface area contributed by atoms with Crippen LogP contribution < -0.4 is 5.32 Å². The van der Waals surface area contributed by atoms with Crippen molar-refractivity contribution in [2.45, 2.75) is 32.0 Å². The number of hydrogen-bond donors (Lipinski definition) is 1. The highest BCUT2D eigenvalue weighted by Crippen LogP contribution is 2.31. The van der Waals surface area contributed by atoms with Gasteiger partial charge in [0.25, 0.3) is 0 Å². The van der Waals surface area contributed by atoms with Crippen molar-refractivity contribution in [3.63, 3.8) is 0 Å². The summed E-state index contributed by atoms with van der Waals surface area (Å²) in [5.74, 6) is 0.512.